The van der Waals surface area contributed by atoms with Crippen LogP contribution in [0, 0.1) is 33.5 Å². The van der Waals surface area contributed by atoms with E-state index < -0.39 is 0 Å². The van der Waals surface area contributed by atoms with E-state index in [1.807, 2.05) is 7.05 Å². The molecule has 4 aliphatic rings. The average molecular weight is 2080 g/mol. The van der Waals surface area contributed by atoms with Gasteiger partial charge in [0.05, 0.1) is 119 Å². The molecule has 2 atom stereocenters. The van der Waals surface area contributed by atoms with Crippen molar-refractivity contribution in [2.45, 2.75) is 462 Å². The number of allylic oxidation sites excluding steroid dienone is 8. The van der Waals surface area contributed by atoms with Crippen LogP contribution in [-0.2, 0) is 90.5 Å². The van der Waals surface area contributed by atoms with Crippen molar-refractivity contribution in [3.05, 3.63) is 44.6 Å². The lowest BCUT2D eigenvalue weighted by molar-refractivity contribution is -0.129. The maximum absolute atomic E-state index is 13.5. The van der Waals surface area contributed by atoms with Crippen molar-refractivity contribution in [2.24, 2.45) is 33.5 Å². The lowest BCUT2D eigenvalue weighted by Crippen LogP contribution is -2.33. The van der Waals surface area contributed by atoms with Gasteiger partial charge in [0.25, 0.3) is 0 Å². The van der Waals surface area contributed by atoms with Gasteiger partial charge >= 0.3 is 0 Å². The number of rotatable bonds is 98. The summed E-state index contributed by atoms with van der Waals surface area (Å²) in [4.78, 5) is 101. The number of carbonyl (C=O) groups excluding carboxylic acids is 8. The summed E-state index contributed by atoms with van der Waals surface area (Å²) < 4.78 is 61.0. The van der Waals surface area contributed by atoms with Crippen molar-refractivity contribution in [1.82, 2.24) is 31.9 Å². The number of carbonyl (C=O) groups is 8. The molecule has 0 saturated heterocycles. The Morgan fingerprint density at radius 2 is 0.469 bits per heavy atom. The van der Waals surface area contributed by atoms with E-state index in [1.54, 1.807) is 51.5 Å². The highest BCUT2D eigenvalue weighted by atomic mass is 16.6. The summed E-state index contributed by atoms with van der Waals surface area (Å²) in [6.45, 7) is 44.4. The van der Waals surface area contributed by atoms with E-state index in [9.17, 15) is 38.4 Å². The third kappa shape index (κ3) is 73.0. The minimum absolute atomic E-state index is 0.0399. The van der Waals surface area contributed by atoms with Crippen LogP contribution in [0.5, 0.6) is 0 Å². The normalized spacial score (nSPS) is 15.9. The highest BCUT2D eigenvalue weighted by Crippen LogP contribution is 2.46. The second-order valence-corrected chi connectivity index (χ2v) is 45.4. The van der Waals surface area contributed by atoms with E-state index in [2.05, 4.69) is 115 Å². The second-order valence-electron chi connectivity index (χ2n) is 45.4. The summed E-state index contributed by atoms with van der Waals surface area (Å²) >= 11 is 0. The molecule has 0 fully saturated rings. The van der Waals surface area contributed by atoms with Crippen molar-refractivity contribution >= 4 is 46.9 Å². The van der Waals surface area contributed by atoms with E-state index in [0.29, 0.717) is 264 Å². The monoisotopic (exact) mass is 2080 g/mol. The van der Waals surface area contributed by atoms with Gasteiger partial charge in [0.2, 0.25) is 29.5 Å². The van der Waals surface area contributed by atoms with Gasteiger partial charge in [-0.2, -0.15) is 0 Å². The highest BCUT2D eigenvalue weighted by Gasteiger charge is 2.33. The number of unbranched alkanes of at least 4 members (excludes halogenated alkanes) is 22. The number of ether oxygens (including phenoxy) is 11. The van der Waals surface area contributed by atoms with Crippen LogP contribution >= 0.6 is 0 Å². The number of Topliss-reactive ketones (excluding diaryl/α,β-unsaturated/α-hetero) is 3. The van der Waals surface area contributed by atoms with Crippen molar-refractivity contribution < 1.29 is 90.5 Å². The second kappa shape index (κ2) is 89.1. The number of hydrogen-bond acceptors (Lipinski definition) is 20. The van der Waals surface area contributed by atoms with Crippen molar-refractivity contribution in [2.75, 3.05) is 192 Å². The molecule has 0 radical (unpaired) electrons. The summed E-state index contributed by atoms with van der Waals surface area (Å²) in [6.07, 6.45) is 59.2. The van der Waals surface area contributed by atoms with Gasteiger partial charge in [0.15, 0.2) is 0 Å². The minimum Gasteiger partial charge on any atom is -0.379 e. The molecule has 0 saturated carbocycles. The Morgan fingerprint density at radius 1 is 0.245 bits per heavy atom. The standard InChI is InChI=1S/C68H123N3O13.C54H99N3O6/c1-57-26-22-35-67(4,5)62(57)30-17-13-9-8-12-16-29-61(73)56-60(28-20-21-37-69-64(74)32-19-15-11-10-14-18-31-63-58(2)27-23-36-68(63,6)7)66(76)71-39-25-41-78-45-49-81-48-44-77-40-24-38-70-65(75)34-43-80-47-51-83-53-55-84-54-52-82-50-46-79-42-33-59(3)72;1-45-26-22-33-53(3,4)49(45)30-17-13-9-8-12-16-29-48(58)44-47(52(60)57-37-25-39-62-41-43-63-42-40-61-38-24-35-55-7)28-20-21-36-56-51(59)32-19-15-11-10-14-18-31-50-46(2)27-23-34-54(50,5)6/h60H,8-56H2,1-7H3,(H,69,74)(H,70,75)(H,71,76);47,55H,8-44H2,1-7H3,(H,56,59)(H,57,60)/t60-;47-/m11/s1. The molecular formula is C122H222N6O19. The van der Waals surface area contributed by atoms with E-state index in [1.165, 1.54) is 199 Å². The number of nitrogens with one attached hydrogen (secondary N) is 6. The van der Waals surface area contributed by atoms with E-state index in [0.717, 1.165) is 103 Å². The predicted octanol–water partition coefficient (Wildman–Crippen LogP) is 25.0. The van der Waals surface area contributed by atoms with Crippen LogP contribution in [0.3, 0.4) is 0 Å². The zero-order valence-electron chi connectivity index (χ0n) is 96.7. The van der Waals surface area contributed by atoms with Gasteiger partial charge in [-0.3, -0.25) is 38.4 Å². The van der Waals surface area contributed by atoms with Crippen LogP contribution in [0.2, 0.25) is 0 Å². The molecule has 5 amide bonds. The van der Waals surface area contributed by atoms with Gasteiger partial charge in [-0.1, -0.05) is 216 Å². The fourth-order valence-corrected chi connectivity index (χ4v) is 21.6. The van der Waals surface area contributed by atoms with Gasteiger partial charge in [0, 0.05) is 122 Å². The number of hydrogen-bond donors (Lipinski definition) is 6. The van der Waals surface area contributed by atoms with E-state index in [-0.39, 0.29) is 71.6 Å². The fraction of sp³-hybridized carbons (Fsp3) is 0.869. The van der Waals surface area contributed by atoms with Gasteiger partial charge < -0.3 is 84.0 Å². The summed E-state index contributed by atoms with van der Waals surface area (Å²) in [7, 11) is 1.94. The zero-order chi connectivity index (χ0) is 107. The van der Waals surface area contributed by atoms with Crippen LogP contribution in [0.25, 0.3) is 0 Å². The SMILES string of the molecule is CC(=O)CCOCCOCCOCCOCCOCCC(=O)NCCCOCCOCCOCCCNC(=O)[C@H](CCCCNC(=O)CCCCCCCCC1=C(C)CCCC1(C)C)CC(=O)CCCCCCCCC1=C(C)CCCC1(C)C.CNCCCOCCOCCOCCCNC(=O)[C@H](CCCCNC(=O)CCCCCCCCC1=C(C)CCCC1(C)C)CC(=O)CCCCCCCCC1=C(C)CCCC1(C)C. The minimum atomic E-state index is -0.372. The fourth-order valence-electron chi connectivity index (χ4n) is 21.6. The first kappa shape index (κ1) is 136. The summed E-state index contributed by atoms with van der Waals surface area (Å²) in [5.74, 6) is -0.180. The molecule has 0 aromatic carbocycles. The molecule has 4 rings (SSSR count). The first-order valence-corrected chi connectivity index (χ1v) is 59.6. The van der Waals surface area contributed by atoms with E-state index in [4.69, 9.17) is 52.1 Å². The molecule has 0 spiro atoms. The number of ketones is 3. The quantitative estimate of drug-likeness (QED) is 0.0243. The van der Waals surface area contributed by atoms with Gasteiger partial charge in [0.1, 0.15) is 17.3 Å². The Balaban J connectivity index is 0.000000786. The van der Waals surface area contributed by atoms with Crippen LogP contribution in [0.15, 0.2) is 44.6 Å². The molecule has 0 unspecified atom stereocenters. The van der Waals surface area contributed by atoms with Crippen molar-refractivity contribution in [3.63, 3.8) is 0 Å². The molecule has 0 aromatic heterocycles. The van der Waals surface area contributed by atoms with E-state index >= 15 is 0 Å². The number of amides is 5. The van der Waals surface area contributed by atoms with Crippen LogP contribution in [0.1, 0.15) is 462 Å². The van der Waals surface area contributed by atoms with Crippen molar-refractivity contribution in [1.29, 1.82) is 0 Å². The molecule has 0 aromatic rings. The third-order valence-corrected chi connectivity index (χ3v) is 30.5. The van der Waals surface area contributed by atoms with Crippen LogP contribution in [0.4, 0.5) is 0 Å². The van der Waals surface area contributed by atoms with Crippen LogP contribution in [-0.4, -0.2) is 239 Å². The Labute approximate surface area is 896 Å². The molecule has 4 aliphatic carbocycles. The van der Waals surface area contributed by atoms with Gasteiger partial charge in [-0.05, 0) is 275 Å². The Bertz CT molecular complexity index is 3550. The zero-order valence-corrected chi connectivity index (χ0v) is 96.7. The molecule has 854 valence electrons. The first-order valence-electron chi connectivity index (χ1n) is 59.6. The third-order valence-electron chi connectivity index (χ3n) is 30.5. The lowest BCUT2D eigenvalue weighted by atomic mass is 9.71. The maximum atomic E-state index is 13.5. The first-order chi connectivity index (χ1) is 71.0. The Hall–Kier alpha value is -5.16. The molecule has 147 heavy (non-hydrogen) atoms. The molecule has 0 bridgehead atoms. The topological polar surface area (TPSA) is 310 Å². The lowest BCUT2D eigenvalue weighted by Gasteiger charge is -2.34. The molecule has 25 nitrogen and oxygen atoms in total. The van der Waals surface area contributed by atoms with Gasteiger partial charge in [-0.25, -0.2) is 0 Å². The summed E-state index contributed by atoms with van der Waals surface area (Å²) in [5, 5.41) is 18.3. The maximum Gasteiger partial charge on any atom is 0.223 e. The average Bonchev–Trinajstić information content (AvgIpc) is 0.835. The molecule has 0 aliphatic heterocycles. The molecular weight excluding hydrogens is 1850 g/mol. The molecule has 25 heteroatoms. The van der Waals surface area contributed by atoms with Gasteiger partial charge in [-0.15, -0.1) is 0 Å². The largest absolute Gasteiger partial charge is 0.379 e. The smallest absolute Gasteiger partial charge is 0.223 e. The summed E-state index contributed by atoms with van der Waals surface area (Å²) in [5.41, 5.74) is 14.8. The van der Waals surface area contributed by atoms with Crippen molar-refractivity contribution in [3.8, 4) is 0 Å². The summed E-state index contributed by atoms with van der Waals surface area (Å²) in [6, 6.07) is 0. The molecule has 6 N–H and O–H groups in total. The van der Waals surface area contributed by atoms with Crippen LogP contribution < -0.4 is 31.9 Å². The Kier molecular flexibility index (Phi) is 82.4. The highest BCUT2D eigenvalue weighted by molar-refractivity contribution is 5.87. The molecule has 0 heterocycles. The predicted molar refractivity (Wildman–Crippen MR) is 599 cm³/mol. The Morgan fingerprint density at radius 3 is 0.741 bits per heavy atom.